The Morgan fingerprint density at radius 2 is 1.70 bits per heavy atom. The number of hydrogen-bond donors (Lipinski definition) is 2. The highest BCUT2D eigenvalue weighted by atomic mass is 16.7. The van der Waals surface area contributed by atoms with E-state index in [0.29, 0.717) is 30.9 Å². The molecule has 0 radical (unpaired) electrons. The number of carbonyl (C=O) groups excluding carboxylic acids is 4. The maximum Gasteiger partial charge on any atom is 0.410 e. The van der Waals surface area contributed by atoms with Crippen LogP contribution < -0.4 is 5.73 Å². The summed E-state index contributed by atoms with van der Waals surface area (Å²) in [6.45, 7) is 14.9. The number of nitrogens with zero attached hydrogens (tertiary/aromatic N) is 5. The SMILES string of the molecule is CC[C@H]1OC(=O)[C@H](C)C(=O)[C@H](C)[C@@H](O[C@@H]2OC(C)CC(N(C)C)C2O)[C@](C)(OC)C[C@@H](C)C(=O)[C@H](C)[C@H]2N(CC3CC3Cn3cc(-c4cccc(N)c4)nn3)C(=O)O[C@]12C. The number of methoxy groups -OCH3 is 1. The largest absolute Gasteiger partial charge is 0.458 e. The second-order valence-corrected chi connectivity index (χ2v) is 18.5. The van der Waals surface area contributed by atoms with Crippen LogP contribution in [0, 0.1) is 35.5 Å². The van der Waals surface area contributed by atoms with Crippen molar-refractivity contribution in [2.24, 2.45) is 35.5 Å². The molecule has 4 heterocycles. The lowest BCUT2D eigenvalue weighted by Gasteiger charge is -2.47. The molecule has 15 atom stereocenters. The van der Waals surface area contributed by atoms with Gasteiger partial charge in [-0.1, -0.05) is 45.0 Å². The zero-order chi connectivity index (χ0) is 44.0. The van der Waals surface area contributed by atoms with Crippen molar-refractivity contribution < 1.29 is 48.0 Å². The highest BCUT2D eigenvalue weighted by molar-refractivity contribution is 6.00. The van der Waals surface area contributed by atoms with Crippen LogP contribution in [0.25, 0.3) is 11.3 Å². The molecule has 4 fully saturated rings. The molecule has 2 aromatic rings. The minimum absolute atomic E-state index is 0.0939. The van der Waals surface area contributed by atoms with Crippen molar-refractivity contribution >= 4 is 29.3 Å². The molecule has 0 bridgehead atoms. The van der Waals surface area contributed by atoms with Gasteiger partial charge in [0, 0.05) is 55.2 Å². The molecule has 1 aromatic carbocycles. The fraction of sp³-hybridized carbons (Fsp3) is 0.727. The number of nitrogen functional groups attached to an aromatic ring is 1. The minimum Gasteiger partial charge on any atom is -0.458 e. The number of benzene rings is 1. The lowest BCUT2D eigenvalue weighted by molar-refractivity contribution is -0.295. The summed E-state index contributed by atoms with van der Waals surface area (Å²) in [6.07, 6.45) is -1.39. The van der Waals surface area contributed by atoms with Crippen molar-refractivity contribution in [3.63, 3.8) is 0 Å². The number of carbonyl (C=O) groups is 4. The Morgan fingerprint density at radius 1 is 1.00 bits per heavy atom. The van der Waals surface area contributed by atoms with Gasteiger partial charge in [-0.05, 0) is 91.4 Å². The highest BCUT2D eigenvalue weighted by Crippen LogP contribution is 2.47. The molecule has 1 saturated carbocycles. The van der Waals surface area contributed by atoms with Crippen molar-refractivity contribution in [3.8, 4) is 11.3 Å². The lowest BCUT2D eigenvalue weighted by Crippen LogP contribution is -2.60. The summed E-state index contributed by atoms with van der Waals surface area (Å²) >= 11 is 0. The van der Waals surface area contributed by atoms with Gasteiger partial charge in [0.25, 0.3) is 0 Å². The number of likely N-dealkylation sites (N-methyl/N-ethyl adjacent to an activating group) is 1. The van der Waals surface area contributed by atoms with Crippen LogP contribution in [-0.4, -0.2) is 135 Å². The van der Waals surface area contributed by atoms with E-state index in [1.165, 1.54) is 14.0 Å². The Kier molecular flexibility index (Phi) is 13.5. The number of aromatic nitrogens is 3. The number of Topliss-reactive ketones (excluding diaryl/α,β-unsaturated/α-hetero) is 2. The molecule has 1 aliphatic carbocycles. The van der Waals surface area contributed by atoms with Crippen molar-refractivity contribution in [2.75, 3.05) is 33.5 Å². The van der Waals surface area contributed by atoms with Gasteiger partial charge in [-0.2, -0.15) is 0 Å². The number of nitrogens with two attached hydrogens (primary N) is 1. The van der Waals surface area contributed by atoms with Crippen LogP contribution in [0.15, 0.2) is 30.5 Å². The van der Waals surface area contributed by atoms with Crippen LogP contribution in [0.5, 0.6) is 0 Å². The predicted molar refractivity (Wildman–Crippen MR) is 221 cm³/mol. The standard InChI is InChI=1S/C44H66N6O10/c1-12-34-44(8)38(50(42(55)60-44)21-30-17-29(30)20-49-22-32(46-47-49)28-14-13-15-31(45)18-28)25(4)35(51)23(2)19-43(7,56-11)39(26(5)36(52)27(6)40(54)58-34)59-41-37(53)33(48(9)10)16-24(3)57-41/h13-15,18,22-27,29-30,33-34,37-39,41,53H,12,16-17,19-21,45H2,1-11H3/t23-,24?,25+,26+,27-,29?,30?,33?,34-,37?,38-,39-,41+,43-,44-/m1/s1. The second-order valence-electron chi connectivity index (χ2n) is 18.5. The number of rotatable bonds is 10. The Balaban J connectivity index is 1.28. The third kappa shape index (κ3) is 8.99. The number of hydrogen-bond acceptors (Lipinski definition) is 14. The molecule has 1 amide bonds. The van der Waals surface area contributed by atoms with Crippen LogP contribution in [-0.2, 0) is 44.6 Å². The predicted octanol–water partition coefficient (Wildman–Crippen LogP) is 4.37. The quantitative estimate of drug-likeness (QED) is 0.194. The van der Waals surface area contributed by atoms with Crippen LogP contribution in [0.1, 0.15) is 81.1 Å². The summed E-state index contributed by atoms with van der Waals surface area (Å²) in [5, 5.41) is 20.2. The van der Waals surface area contributed by atoms with Gasteiger partial charge in [0.05, 0.1) is 30.0 Å². The Bertz CT molecular complexity index is 1890. The molecule has 16 heteroatoms. The molecule has 5 unspecified atom stereocenters. The maximum atomic E-state index is 14.8. The van der Waals surface area contributed by atoms with E-state index in [1.54, 1.807) is 37.3 Å². The molecule has 60 heavy (non-hydrogen) atoms. The zero-order valence-corrected chi connectivity index (χ0v) is 37.1. The number of ketones is 2. The number of aliphatic hydroxyl groups excluding tert-OH is 1. The van der Waals surface area contributed by atoms with Gasteiger partial charge >= 0.3 is 12.1 Å². The van der Waals surface area contributed by atoms with Crippen LogP contribution in [0.2, 0.25) is 0 Å². The first kappa shape index (κ1) is 45.6. The molecule has 3 N–H and O–H groups in total. The first-order valence-electron chi connectivity index (χ1n) is 21.5. The number of fused-ring (bicyclic) bond motifs is 1. The molecule has 3 aliphatic heterocycles. The van der Waals surface area contributed by atoms with E-state index in [1.807, 2.05) is 70.2 Å². The summed E-state index contributed by atoms with van der Waals surface area (Å²) in [5.74, 6) is -4.71. The maximum absolute atomic E-state index is 14.8. The summed E-state index contributed by atoms with van der Waals surface area (Å²) in [4.78, 5) is 60.8. The first-order valence-corrected chi connectivity index (χ1v) is 21.5. The summed E-state index contributed by atoms with van der Waals surface area (Å²) in [5.41, 5.74) is 5.50. The normalized spacial score (nSPS) is 39.3. The Hall–Kier alpha value is -3.96. The topological polar surface area (TPSA) is 198 Å². The molecule has 16 nitrogen and oxygen atoms in total. The number of amides is 1. The first-order chi connectivity index (χ1) is 28.2. The van der Waals surface area contributed by atoms with E-state index in [2.05, 4.69) is 10.3 Å². The van der Waals surface area contributed by atoms with Crippen molar-refractivity contribution in [3.05, 3.63) is 30.5 Å². The fourth-order valence-corrected chi connectivity index (χ4v) is 10.1. The van der Waals surface area contributed by atoms with Crippen molar-refractivity contribution in [1.82, 2.24) is 24.8 Å². The molecular weight excluding hydrogens is 773 g/mol. The summed E-state index contributed by atoms with van der Waals surface area (Å²) in [6, 6.07) is 6.37. The van der Waals surface area contributed by atoms with Crippen molar-refractivity contribution in [1.29, 1.82) is 0 Å². The molecule has 332 valence electrons. The number of anilines is 1. The average Bonchev–Trinajstić information content (AvgIpc) is 3.65. The van der Waals surface area contributed by atoms with E-state index in [9.17, 15) is 24.3 Å². The minimum atomic E-state index is -1.41. The third-order valence-electron chi connectivity index (χ3n) is 13.8. The lowest BCUT2D eigenvalue weighted by atomic mass is 9.73. The number of aliphatic hydroxyl groups is 1. The molecule has 3 saturated heterocycles. The smallest absolute Gasteiger partial charge is 0.410 e. The van der Waals surface area contributed by atoms with Crippen LogP contribution in [0.3, 0.4) is 0 Å². The Labute approximate surface area is 353 Å². The molecule has 6 rings (SSSR count). The van der Waals surface area contributed by atoms with Crippen LogP contribution in [0.4, 0.5) is 10.5 Å². The molecule has 0 spiro atoms. The third-order valence-corrected chi connectivity index (χ3v) is 13.8. The van der Waals surface area contributed by atoms with Crippen molar-refractivity contribution in [2.45, 2.75) is 142 Å². The summed E-state index contributed by atoms with van der Waals surface area (Å²) in [7, 11) is 5.24. The Morgan fingerprint density at radius 3 is 2.35 bits per heavy atom. The van der Waals surface area contributed by atoms with Gasteiger partial charge in [-0.3, -0.25) is 19.1 Å². The van der Waals surface area contributed by atoms with Gasteiger partial charge in [-0.15, -0.1) is 5.10 Å². The van der Waals surface area contributed by atoms with E-state index < -0.39 is 83.4 Å². The van der Waals surface area contributed by atoms with Crippen LogP contribution >= 0.6 is 0 Å². The van der Waals surface area contributed by atoms with Gasteiger partial charge in [0.1, 0.15) is 29.6 Å². The second kappa shape index (κ2) is 17.8. The molecule has 1 aromatic heterocycles. The van der Waals surface area contributed by atoms with E-state index >= 15 is 0 Å². The fourth-order valence-electron chi connectivity index (χ4n) is 10.1. The number of ether oxygens (including phenoxy) is 5. The number of cyclic esters (lactones) is 1. The van der Waals surface area contributed by atoms with Gasteiger partial charge in [0.15, 0.2) is 17.7 Å². The van der Waals surface area contributed by atoms with E-state index in [4.69, 9.17) is 29.4 Å². The highest BCUT2D eigenvalue weighted by Gasteiger charge is 2.61. The average molecular weight is 839 g/mol. The number of esters is 1. The van der Waals surface area contributed by atoms with E-state index in [-0.39, 0.29) is 42.6 Å². The molecular formula is C44H66N6O10. The van der Waals surface area contributed by atoms with E-state index in [0.717, 1.165) is 12.0 Å². The zero-order valence-electron chi connectivity index (χ0n) is 37.1. The monoisotopic (exact) mass is 838 g/mol. The molecule has 4 aliphatic rings. The van der Waals surface area contributed by atoms with Gasteiger partial charge < -0.3 is 44.3 Å². The van der Waals surface area contributed by atoms with Gasteiger partial charge in [0.2, 0.25) is 0 Å². The van der Waals surface area contributed by atoms with Gasteiger partial charge in [-0.25, -0.2) is 4.79 Å². The summed E-state index contributed by atoms with van der Waals surface area (Å²) < 4.78 is 33.1.